The Morgan fingerprint density at radius 3 is 2.08 bits per heavy atom. The number of pyridine rings is 1. The first kappa shape index (κ1) is 19.4. The van der Waals surface area contributed by atoms with Crippen molar-refractivity contribution in [3.05, 3.63) is 78.5 Å². The molecule has 0 saturated heterocycles. The van der Waals surface area contributed by atoms with Gasteiger partial charge in [0.05, 0.1) is 0 Å². The lowest BCUT2D eigenvalue weighted by atomic mass is 10.1. The standard InChI is InChI=1S/C17H14NO.BF3.FH/c19-17(15-8-2-1-3-9-15)13-18-12-6-10-14-7-4-5-11-16(14)18;2-1(3)4;/h1-12H,13H2;;1H/q+1;;/p-1. The van der Waals surface area contributed by atoms with Gasteiger partial charge in [-0.1, -0.05) is 42.5 Å². The van der Waals surface area contributed by atoms with E-state index in [4.69, 9.17) is 0 Å². The molecule has 2 nitrogen and oxygen atoms in total. The number of fused-ring (bicyclic) bond motifs is 1. The highest BCUT2D eigenvalue weighted by molar-refractivity contribution is 6.33. The minimum absolute atomic E-state index is 0. The number of benzene rings is 2. The third-order valence-electron chi connectivity index (χ3n) is 3.20. The van der Waals surface area contributed by atoms with E-state index in [-0.39, 0.29) is 10.5 Å². The molecule has 0 bridgehead atoms. The summed E-state index contributed by atoms with van der Waals surface area (Å²) in [5.74, 6) is 0.127. The van der Waals surface area contributed by atoms with E-state index >= 15 is 0 Å². The van der Waals surface area contributed by atoms with Gasteiger partial charge in [-0.15, -0.1) is 0 Å². The van der Waals surface area contributed by atoms with Crippen LogP contribution >= 0.6 is 0 Å². The fourth-order valence-corrected chi connectivity index (χ4v) is 2.23. The van der Waals surface area contributed by atoms with E-state index in [2.05, 4.69) is 12.1 Å². The lowest BCUT2D eigenvalue weighted by Crippen LogP contribution is -3.00. The van der Waals surface area contributed by atoms with Gasteiger partial charge in [-0.05, 0) is 12.1 Å². The summed E-state index contributed by atoms with van der Waals surface area (Å²) in [5.41, 5.74) is 1.83. The Morgan fingerprint density at radius 2 is 1.42 bits per heavy atom. The van der Waals surface area contributed by atoms with E-state index in [9.17, 15) is 17.7 Å². The lowest BCUT2D eigenvalue weighted by Gasteiger charge is -2.01. The van der Waals surface area contributed by atoms with Crippen molar-refractivity contribution in [2.45, 2.75) is 6.54 Å². The topological polar surface area (TPSA) is 20.9 Å². The number of hydrogen-bond donors (Lipinski definition) is 0. The van der Waals surface area contributed by atoms with E-state index in [0.29, 0.717) is 6.54 Å². The molecule has 0 unspecified atom stereocenters. The van der Waals surface area contributed by atoms with Crippen LogP contribution in [0.15, 0.2) is 72.9 Å². The van der Waals surface area contributed by atoms with E-state index in [0.717, 1.165) is 16.5 Å². The first-order chi connectivity index (χ1) is 11.1. The van der Waals surface area contributed by atoms with Crippen LogP contribution in [0, 0.1) is 0 Å². The summed E-state index contributed by atoms with van der Waals surface area (Å²) >= 11 is 0. The maximum absolute atomic E-state index is 12.2. The molecule has 2 aromatic carbocycles. The lowest BCUT2D eigenvalue weighted by molar-refractivity contribution is -0.657. The van der Waals surface area contributed by atoms with Crippen molar-refractivity contribution < 1.29 is 27.0 Å². The van der Waals surface area contributed by atoms with Crippen LogP contribution in [0.2, 0.25) is 0 Å². The second-order valence-electron chi connectivity index (χ2n) is 4.73. The second kappa shape index (κ2) is 9.45. The molecule has 0 fully saturated rings. The van der Waals surface area contributed by atoms with Crippen molar-refractivity contribution in [2.24, 2.45) is 0 Å². The number of rotatable bonds is 3. The molecule has 3 aromatic rings. The van der Waals surface area contributed by atoms with Crippen molar-refractivity contribution in [1.82, 2.24) is 0 Å². The van der Waals surface area contributed by atoms with Crippen molar-refractivity contribution >= 4 is 24.2 Å². The van der Waals surface area contributed by atoms with Crippen LogP contribution in [0.3, 0.4) is 0 Å². The molecule has 0 N–H and O–H groups in total. The molecule has 7 heteroatoms. The molecule has 0 aliphatic rings. The third-order valence-corrected chi connectivity index (χ3v) is 3.20. The van der Waals surface area contributed by atoms with Crippen molar-refractivity contribution in [2.75, 3.05) is 0 Å². The highest BCUT2D eigenvalue weighted by Gasteiger charge is 2.14. The molecule has 0 amide bonds. The van der Waals surface area contributed by atoms with E-state index in [1.807, 2.05) is 65.4 Å². The summed E-state index contributed by atoms with van der Waals surface area (Å²) in [7, 11) is -3.67. The van der Waals surface area contributed by atoms with Gasteiger partial charge in [0.2, 0.25) is 17.8 Å². The van der Waals surface area contributed by atoms with Crippen LogP contribution in [0.25, 0.3) is 10.9 Å². The molecule has 124 valence electrons. The van der Waals surface area contributed by atoms with Crippen LogP contribution in [0.4, 0.5) is 12.9 Å². The molecule has 0 saturated carbocycles. The van der Waals surface area contributed by atoms with Crippen LogP contribution in [0.1, 0.15) is 10.4 Å². The summed E-state index contributed by atoms with van der Waals surface area (Å²) in [6.07, 6.45) is 1.95. The molecular formula is C17H14BF4NO. The molecule has 1 aromatic heterocycles. The monoisotopic (exact) mass is 335 g/mol. The Hall–Kier alpha value is -2.70. The Bertz CT molecular complexity index is 776. The van der Waals surface area contributed by atoms with Crippen LogP contribution in [0.5, 0.6) is 0 Å². The van der Waals surface area contributed by atoms with Gasteiger partial charge >= 0.3 is 7.54 Å². The third kappa shape index (κ3) is 5.50. The molecule has 0 spiro atoms. The van der Waals surface area contributed by atoms with Gasteiger partial charge in [-0.3, -0.25) is 17.7 Å². The van der Waals surface area contributed by atoms with Crippen molar-refractivity contribution in [1.29, 1.82) is 0 Å². The predicted octanol–water partition coefficient (Wildman–Crippen LogP) is 0.894. The summed E-state index contributed by atoms with van der Waals surface area (Å²) in [4.78, 5) is 12.2. The zero-order chi connectivity index (χ0) is 16.7. The highest BCUT2D eigenvalue weighted by atomic mass is 19.4. The molecule has 1 heterocycles. The van der Waals surface area contributed by atoms with Gasteiger partial charge < -0.3 is 4.70 Å². The number of halogens is 4. The minimum Gasteiger partial charge on any atom is -1.00 e. The fraction of sp³-hybridized carbons (Fsp3) is 0.0588. The normalized spacial score (nSPS) is 9.46. The average molecular weight is 335 g/mol. The fourth-order valence-electron chi connectivity index (χ4n) is 2.23. The number of aromatic nitrogens is 1. The zero-order valence-corrected chi connectivity index (χ0v) is 12.6. The highest BCUT2D eigenvalue weighted by Crippen LogP contribution is 2.08. The summed E-state index contributed by atoms with van der Waals surface area (Å²) in [6, 6.07) is 21.5. The summed E-state index contributed by atoms with van der Waals surface area (Å²) in [6.45, 7) is 0.366. The van der Waals surface area contributed by atoms with Crippen LogP contribution in [-0.4, -0.2) is 13.3 Å². The molecule has 24 heavy (non-hydrogen) atoms. The smallest absolute Gasteiger partial charge is 0.762 e. The largest absolute Gasteiger partial charge is 1.00 e. The molecular weight excluding hydrogens is 321 g/mol. The molecule has 0 aliphatic heterocycles. The minimum atomic E-state index is -3.67. The maximum atomic E-state index is 12.2. The van der Waals surface area contributed by atoms with E-state index < -0.39 is 7.54 Å². The Kier molecular flexibility index (Phi) is 7.62. The van der Waals surface area contributed by atoms with E-state index in [1.165, 1.54) is 0 Å². The summed E-state index contributed by atoms with van der Waals surface area (Å²) in [5, 5.41) is 1.14. The Balaban J connectivity index is 0.000000522. The van der Waals surface area contributed by atoms with Gasteiger partial charge in [0, 0.05) is 23.1 Å². The predicted molar refractivity (Wildman–Crippen MR) is 84.0 cm³/mol. The van der Waals surface area contributed by atoms with Gasteiger partial charge in [0.15, 0.2) is 6.20 Å². The molecule has 0 aliphatic carbocycles. The van der Waals surface area contributed by atoms with Crippen molar-refractivity contribution in [3.63, 3.8) is 0 Å². The van der Waals surface area contributed by atoms with Gasteiger partial charge in [-0.25, -0.2) is 0 Å². The molecule has 0 radical (unpaired) electrons. The number of carbonyl (C=O) groups is 1. The first-order valence-electron chi connectivity index (χ1n) is 6.95. The van der Waals surface area contributed by atoms with Gasteiger partial charge in [-0.2, -0.15) is 4.57 Å². The number of Topliss-reactive ketones (excluding diaryl/α,β-unsaturated/α-hetero) is 1. The SMILES string of the molecule is FB(F)F.O=C(C[n+]1cccc2ccccc21)c1ccccc1.[F-]. The van der Waals surface area contributed by atoms with Gasteiger partial charge in [0.1, 0.15) is 0 Å². The second-order valence-corrected chi connectivity index (χ2v) is 4.73. The Morgan fingerprint density at radius 1 is 0.875 bits per heavy atom. The zero-order valence-electron chi connectivity index (χ0n) is 12.6. The van der Waals surface area contributed by atoms with Crippen molar-refractivity contribution in [3.8, 4) is 0 Å². The quantitative estimate of drug-likeness (QED) is 0.302. The number of hydrogen-bond acceptors (Lipinski definition) is 1. The number of ketones is 1. The number of carbonyl (C=O) groups excluding carboxylic acids is 1. The van der Waals surface area contributed by atoms with E-state index in [1.54, 1.807) is 0 Å². The van der Waals surface area contributed by atoms with Crippen LogP contribution < -0.4 is 9.27 Å². The average Bonchev–Trinajstić information content (AvgIpc) is 2.55. The maximum Gasteiger partial charge on any atom is 0.762 e. The van der Waals surface area contributed by atoms with Crippen LogP contribution in [-0.2, 0) is 6.54 Å². The number of para-hydroxylation sites is 1. The Labute approximate surface area is 137 Å². The van der Waals surface area contributed by atoms with Gasteiger partial charge in [0.25, 0.3) is 0 Å². The summed E-state index contributed by atoms with van der Waals surface area (Å²) < 4.78 is 31.0. The first-order valence-corrected chi connectivity index (χ1v) is 6.95. The molecule has 3 rings (SSSR count). The molecule has 0 atom stereocenters. The number of nitrogens with zero attached hydrogens (tertiary/aromatic N) is 1.